The number of carbonyl (C=O) groups is 1. The van der Waals surface area contributed by atoms with Gasteiger partial charge in [-0.3, -0.25) is 9.36 Å². The molecule has 1 aromatic heterocycles. The first-order chi connectivity index (χ1) is 12.1. The SMILES string of the molecule is CC(C)[C@H](C)NC(=O)CSc1nc2ccccc2n1-c1ccccc1. The van der Waals surface area contributed by atoms with Gasteiger partial charge in [-0.25, -0.2) is 4.98 Å². The Morgan fingerprint density at radius 2 is 1.76 bits per heavy atom. The number of para-hydroxylation sites is 3. The summed E-state index contributed by atoms with van der Waals surface area (Å²) in [7, 11) is 0. The smallest absolute Gasteiger partial charge is 0.230 e. The third-order valence-corrected chi connectivity index (χ3v) is 5.20. The number of hydrogen-bond acceptors (Lipinski definition) is 3. The number of fused-ring (bicyclic) bond motifs is 1. The molecule has 1 heterocycles. The summed E-state index contributed by atoms with van der Waals surface area (Å²) >= 11 is 1.47. The van der Waals surface area contributed by atoms with Crippen LogP contribution in [0.5, 0.6) is 0 Å². The van der Waals surface area contributed by atoms with Gasteiger partial charge in [0, 0.05) is 11.7 Å². The lowest BCUT2D eigenvalue weighted by Crippen LogP contribution is -2.37. The second-order valence-corrected chi connectivity index (χ2v) is 7.39. The van der Waals surface area contributed by atoms with Gasteiger partial charge in [0.2, 0.25) is 5.91 Å². The van der Waals surface area contributed by atoms with E-state index in [1.54, 1.807) is 0 Å². The summed E-state index contributed by atoms with van der Waals surface area (Å²) < 4.78 is 2.11. The molecule has 5 heteroatoms. The second kappa shape index (κ2) is 7.74. The molecule has 1 atom stereocenters. The maximum absolute atomic E-state index is 12.2. The molecule has 0 bridgehead atoms. The van der Waals surface area contributed by atoms with Crippen molar-refractivity contribution in [3.8, 4) is 5.69 Å². The van der Waals surface area contributed by atoms with Crippen molar-refractivity contribution < 1.29 is 4.79 Å². The molecule has 0 aliphatic heterocycles. The topological polar surface area (TPSA) is 46.9 Å². The normalized spacial score (nSPS) is 12.5. The van der Waals surface area contributed by atoms with E-state index in [0.29, 0.717) is 11.7 Å². The predicted molar refractivity (Wildman–Crippen MR) is 104 cm³/mol. The number of nitrogens with one attached hydrogen (secondary N) is 1. The molecule has 0 spiro atoms. The van der Waals surface area contributed by atoms with E-state index in [1.165, 1.54) is 11.8 Å². The van der Waals surface area contributed by atoms with Crippen LogP contribution in [0.2, 0.25) is 0 Å². The molecule has 0 aliphatic carbocycles. The molecule has 0 fully saturated rings. The molecule has 130 valence electrons. The first-order valence-electron chi connectivity index (χ1n) is 8.51. The van der Waals surface area contributed by atoms with E-state index in [1.807, 2.05) is 43.3 Å². The van der Waals surface area contributed by atoms with Crippen molar-refractivity contribution in [2.75, 3.05) is 5.75 Å². The van der Waals surface area contributed by atoms with Crippen LogP contribution in [0.1, 0.15) is 20.8 Å². The second-order valence-electron chi connectivity index (χ2n) is 6.44. The Morgan fingerprint density at radius 1 is 1.08 bits per heavy atom. The number of imidazole rings is 1. The molecule has 2 aromatic carbocycles. The average molecular weight is 353 g/mol. The molecule has 0 saturated heterocycles. The molecule has 0 radical (unpaired) electrons. The molecule has 3 rings (SSSR count). The highest BCUT2D eigenvalue weighted by Gasteiger charge is 2.15. The van der Waals surface area contributed by atoms with Crippen molar-refractivity contribution in [2.24, 2.45) is 5.92 Å². The van der Waals surface area contributed by atoms with E-state index in [4.69, 9.17) is 4.98 Å². The Labute approximate surface area is 152 Å². The summed E-state index contributed by atoms with van der Waals surface area (Å²) in [5, 5.41) is 3.88. The maximum Gasteiger partial charge on any atom is 0.230 e. The van der Waals surface area contributed by atoms with Gasteiger partial charge in [0.1, 0.15) is 0 Å². The van der Waals surface area contributed by atoms with Crippen LogP contribution in [-0.2, 0) is 4.79 Å². The molecule has 4 nitrogen and oxygen atoms in total. The van der Waals surface area contributed by atoms with Gasteiger partial charge in [0.25, 0.3) is 0 Å². The lowest BCUT2D eigenvalue weighted by molar-refractivity contribution is -0.119. The van der Waals surface area contributed by atoms with Crippen LogP contribution >= 0.6 is 11.8 Å². The van der Waals surface area contributed by atoms with Crippen LogP contribution in [0.4, 0.5) is 0 Å². The fourth-order valence-corrected chi connectivity index (χ4v) is 3.36. The van der Waals surface area contributed by atoms with Crippen LogP contribution in [-0.4, -0.2) is 27.3 Å². The number of benzene rings is 2. The van der Waals surface area contributed by atoms with Gasteiger partial charge in [-0.05, 0) is 37.1 Å². The van der Waals surface area contributed by atoms with E-state index >= 15 is 0 Å². The minimum Gasteiger partial charge on any atom is -0.353 e. The largest absolute Gasteiger partial charge is 0.353 e. The predicted octanol–water partition coefficient (Wildman–Crippen LogP) is 4.28. The third-order valence-electron chi connectivity index (χ3n) is 4.27. The summed E-state index contributed by atoms with van der Waals surface area (Å²) in [6.07, 6.45) is 0. The summed E-state index contributed by atoms with van der Waals surface area (Å²) in [5.74, 6) is 0.813. The Morgan fingerprint density at radius 3 is 2.48 bits per heavy atom. The summed E-state index contributed by atoms with van der Waals surface area (Å²) in [5.41, 5.74) is 3.03. The lowest BCUT2D eigenvalue weighted by Gasteiger charge is -2.17. The van der Waals surface area contributed by atoms with Crippen molar-refractivity contribution in [3.05, 3.63) is 54.6 Å². The summed E-state index contributed by atoms with van der Waals surface area (Å²) in [6, 6.07) is 18.3. The van der Waals surface area contributed by atoms with Gasteiger partial charge < -0.3 is 5.32 Å². The molecular formula is C20H23N3OS. The molecule has 0 unspecified atom stereocenters. The average Bonchev–Trinajstić information content (AvgIpc) is 2.99. The lowest BCUT2D eigenvalue weighted by atomic mass is 10.1. The third kappa shape index (κ3) is 4.04. The highest BCUT2D eigenvalue weighted by Crippen LogP contribution is 2.27. The maximum atomic E-state index is 12.2. The van der Waals surface area contributed by atoms with Crippen molar-refractivity contribution in [2.45, 2.75) is 32.0 Å². The number of hydrogen-bond donors (Lipinski definition) is 1. The van der Waals surface area contributed by atoms with Gasteiger partial charge in [-0.2, -0.15) is 0 Å². The van der Waals surface area contributed by atoms with E-state index in [9.17, 15) is 4.79 Å². The van der Waals surface area contributed by atoms with Crippen molar-refractivity contribution >= 4 is 28.7 Å². The molecule has 1 amide bonds. The van der Waals surface area contributed by atoms with Crippen LogP contribution < -0.4 is 5.32 Å². The molecule has 0 saturated carbocycles. The molecule has 25 heavy (non-hydrogen) atoms. The summed E-state index contributed by atoms with van der Waals surface area (Å²) in [4.78, 5) is 16.9. The Kier molecular flexibility index (Phi) is 5.43. The van der Waals surface area contributed by atoms with Crippen LogP contribution in [0.3, 0.4) is 0 Å². The van der Waals surface area contributed by atoms with Gasteiger partial charge in [0.15, 0.2) is 5.16 Å². The van der Waals surface area contributed by atoms with Crippen molar-refractivity contribution in [1.29, 1.82) is 0 Å². The number of amides is 1. The zero-order valence-corrected chi connectivity index (χ0v) is 15.6. The van der Waals surface area contributed by atoms with Gasteiger partial charge in [0.05, 0.1) is 16.8 Å². The van der Waals surface area contributed by atoms with Gasteiger partial charge in [-0.1, -0.05) is 55.9 Å². The van der Waals surface area contributed by atoms with Crippen LogP contribution in [0, 0.1) is 5.92 Å². The molecule has 3 aromatic rings. The number of nitrogens with zero attached hydrogens (tertiary/aromatic N) is 2. The number of aromatic nitrogens is 2. The van der Waals surface area contributed by atoms with E-state index in [-0.39, 0.29) is 11.9 Å². The zero-order valence-electron chi connectivity index (χ0n) is 14.8. The standard InChI is InChI=1S/C20H23N3OS/c1-14(2)15(3)21-19(24)13-25-20-22-17-11-7-8-12-18(17)23(20)16-9-5-4-6-10-16/h4-12,14-15H,13H2,1-3H3,(H,21,24)/t15-/m0/s1. The Balaban J connectivity index is 1.85. The number of rotatable bonds is 6. The highest BCUT2D eigenvalue weighted by molar-refractivity contribution is 7.99. The van der Waals surface area contributed by atoms with E-state index in [2.05, 4.69) is 41.9 Å². The number of carbonyl (C=O) groups excluding carboxylic acids is 1. The van der Waals surface area contributed by atoms with Crippen molar-refractivity contribution in [3.63, 3.8) is 0 Å². The first kappa shape index (κ1) is 17.5. The van der Waals surface area contributed by atoms with E-state index in [0.717, 1.165) is 21.9 Å². The highest BCUT2D eigenvalue weighted by atomic mass is 32.2. The quantitative estimate of drug-likeness (QED) is 0.673. The fourth-order valence-electron chi connectivity index (χ4n) is 2.52. The molecule has 1 N–H and O–H groups in total. The minimum absolute atomic E-state index is 0.0397. The Hall–Kier alpha value is -2.27. The van der Waals surface area contributed by atoms with E-state index < -0.39 is 0 Å². The van der Waals surface area contributed by atoms with Crippen LogP contribution in [0.15, 0.2) is 59.8 Å². The Bertz CT molecular complexity index is 858. The van der Waals surface area contributed by atoms with Gasteiger partial charge >= 0.3 is 0 Å². The zero-order chi connectivity index (χ0) is 17.8. The number of thioether (sulfide) groups is 1. The van der Waals surface area contributed by atoms with Gasteiger partial charge in [-0.15, -0.1) is 0 Å². The summed E-state index contributed by atoms with van der Waals surface area (Å²) in [6.45, 7) is 6.24. The van der Waals surface area contributed by atoms with Crippen molar-refractivity contribution in [1.82, 2.24) is 14.9 Å². The fraction of sp³-hybridized carbons (Fsp3) is 0.300. The monoisotopic (exact) mass is 353 g/mol. The first-order valence-corrected chi connectivity index (χ1v) is 9.50. The van der Waals surface area contributed by atoms with Crippen LogP contribution in [0.25, 0.3) is 16.7 Å². The molecule has 0 aliphatic rings. The molecular weight excluding hydrogens is 330 g/mol. The minimum atomic E-state index is 0.0397.